The van der Waals surface area contributed by atoms with Crippen LogP contribution in [0.1, 0.15) is 21.5 Å². The number of anilines is 1. The number of nitrogens with one attached hydrogen (secondary N) is 1. The Balaban J connectivity index is 2.02. The van der Waals surface area contributed by atoms with Gasteiger partial charge in [-0.15, -0.1) is 0 Å². The van der Waals surface area contributed by atoms with Crippen LogP contribution in [0.5, 0.6) is 0 Å². The zero-order valence-corrected chi connectivity index (χ0v) is 15.3. The largest absolute Gasteiger partial charge is 0.495 e. The van der Waals surface area contributed by atoms with Crippen molar-refractivity contribution in [1.82, 2.24) is 0 Å². The average molecular weight is 416 g/mol. The third-order valence-electron chi connectivity index (χ3n) is 3.78. The van der Waals surface area contributed by atoms with Gasteiger partial charge in [0.2, 0.25) is 0 Å². The number of halogens is 1. The molecule has 7 heteroatoms. The fraction of sp³-hybridized carbons (Fsp3) is 0.105. The van der Waals surface area contributed by atoms with Gasteiger partial charge in [-0.05, 0) is 12.1 Å². The summed E-state index contributed by atoms with van der Waals surface area (Å²) in [6, 6.07) is 13.9. The maximum Gasteiger partial charge on any atom is 0.345 e. The molecule has 26 heavy (non-hydrogen) atoms. The molecule has 0 aliphatic carbocycles. The molecule has 0 saturated heterocycles. The lowest BCUT2D eigenvalue weighted by Crippen LogP contribution is -2.13. The Kier molecular flexibility index (Phi) is 5.18. The number of fused-ring (bicyclic) bond motifs is 1. The van der Waals surface area contributed by atoms with Gasteiger partial charge in [-0.3, -0.25) is 9.59 Å². The van der Waals surface area contributed by atoms with Gasteiger partial charge in [-0.1, -0.05) is 52.3 Å². The second-order valence-corrected chi connectivity index (χ2v) is 5.94. The SMILES string of the molecule is COC(=C1C(=O)Nc2cc(C(=O)OC(=O)CBr)ccc21)c1ccccc1. The van der Waals surface area contributed by atoms with Crippen LogP contribution in [0.2, 0.25) is 0 Å². The van der Waals surface area contributed by atoms with E-state index >= 15 is 0 Å². The van der Waals surface area contributed by atoms with Gasteiger partial charge in [-0.25, -0.2) is 4.79 Å². The minimum atomic E-state index is -0.779. The van der Waals surface area contributed by atoms with Crippen LogP contribution in [0.25, 0.3) is 11.3 Å². The normalized spacial score (nSPS) is 14.3. The van der Waals surface area contributed by atoms with E-state index in [4.69, 9.17) is 4.74 Å². The van der Waals surface area contributed by atoms with Gasteiger partial charge in [-0.2, -0.15) is 0 Å². The Bertz CT molecular complexity index is 921. The third kappa shape index (κ3) is 3.39. The first-order valence-electron chi connectivity index (χ1n) is 7.65. The molecule has 0 bridgehead atoms. The van der Waals surface area contributed by atoms with E-state index in [2.05, 4.69) is 26.0 Å². The highest BCUT2D eigenvalue weighted by Gasteiger charge is 2.30. The molecule has 1 heterocycles. The van der Waals surface area contributed by atoms with Gasteiger partial charge in [0.15, 0.2) is 0 Å². The fourth-order valence-electron chi connectivity index (χ4n) is 2.67. The second kappa shape index (κ2) is 7.53. The zero-order chi connectivity index (χ0) is 18.7. The summed E-state index contributed by atoms with van der Waals surface area (Å²) in [5.74, 6) is -1.36. The predicted molar refractivity (Wildman–Crippen MR) is 99.6 cm³/mol. The number of ether oxygens (including phenoxy) is 2. The minimum absolute atomic E-state index is 0.0818. The number of alkyl halides is 1. The molecule has 0 radical (unpaired) electrons. The molecule has 0 fully saturated rings. The molecular weight excluding hydrogens is 402 g/mol. The molecule has 0 unspecified atom stereocenters. The maximum absolute atomic E-state index is 12.5. The molecule has 0 atom stereocenters. The summed E-state index contributed by atoms with van der Waals surface area (Å²) in [7, 11) is 1.50. The van der Waals surface area contributed by atoms with Gasteiger partial charge in [0.25, 0.3) is 5.91 Å². The number of carbonyl (C=O) groups is 3. The summed E-state index contributed by atoms with van der Waals surface area (Å²) >= 11 is 2.92. The van der Waals surface area contributed by atoms with Crippen LogP contribution < -0.4 is 5.32 Å². The highest BCUT2D eigenvalue weighted by Crippen LogP contribution is 2.37. The van der Waals surface area contributed by atoms with Crippen molar-refractivity contribution in [1.29, 1.82) is 0 Å². The lowest BCUT2D eigenvalue weighted by molar-refractivity contribution is -0.134. The van der Waals surface area contributed by atoms with Crippen LogP contribution in [-0.4, -0.2) is 30.3 Å². The summed E-state index contributed by atoms with van der Waals surface area (Å²) in [4.78, 5) is 35.7. The highest BCUT2D eigenvalue weighted by molar-refractivity contribution is 9.09. The number of carbonyl (C=O) groups excluding carboxylic acids is 3. The molecule has 0 aromatic heterocycles. The van der Waals surface area contributed by atoms with Crippen molar-refractivity contribution in [2.75, 3.05) is 17.8 Å². The molecular formula is C19H14BrNO5. The quantitative estimate of drug-likeness (QED) is 0.272. The van der Waals surface area contributed by atoms with Crippen LogP contribution in [0.4, 0.5) is 5.69 Å². The number of amides is 1. The Labute approximate surface area is 157 Å². The standard InChI is InChI=1S/C19H14BrNO5/c1-25-17(11-5-3-2-4-6-11)16-13-8-7-12(9-14(13)21-18(16)23)19(24)26-15(22)10-20/h2-9H,10H2,1H3,(H,21,23). The smallest absolute Gasteiger partial charge is 0.345 e. The van der Waals surface area contributed by atoms with Crippen LogP contribution >= 0.6 is 15.9 Å². The summed E-state index contributed by atoms with van der Waals surface area (Å²) in [5.41, 5.74) is 2.37. The van der Waals surface area contributed by atoms with Gasteiger partial charge in [0.05, 0.1) is 23.9 Å². The van der Waals surface area contributed by atoms with Crippen molar-refractivity contribution in [3.8, 4) is 0 Å². The minimum Gasteiger partial charge on any atom is -0.495 e. The van der Waals surface area contributed by atoms with E-state index in [9.17, 15) is 14.4 Å². The highest BCUT2D eigenvalue weighted by atomic mass is 79.9. The van der Waals surface area contributed by atoms with Crippen molar-refractivity contribution in [3.05, 3.63) is 65.2 Å². The average Bonchev–Trinajstić information content (AvgIpc) is 2.98. The van der Waals surface area contributed by atoms with Crippen molar-refractivity contribution in [2.24, 2.45) is 0 Å². The Morgan fingerprint density at radius 1 is 1.08 bits per heavy atom. The molecule has 3 rings (SSSR count). The van der Waals surface area contributed by atoms with Crippen molar-refractivity contribution >= 4 is 50.8 Å². The summed E-state index contributed by atoms with van der Waals surface area (Å²) in [6.45, 7) is 0. The number of benzene rings is 2. The first kappa shape index (κ1) is 17.9. The van der Waals surface area contributed by atoms with Crippen molar-refractivity contribution < 1.29 is 23.9 Å². The van der Waals surface area contributed by atoms with Crippen LogP contribution in [0.3, 0.4) is 0 Å². The van der Waals surface area contributed by atoms with E-state index in [1.54, 1.807) is 6.07 Å². The van der Waals surface area contributed by atoms with E-state index in [0.717, 1.165) is 5.56 Å². The van der Waals surface area contributed by atoms with Gasteiger partial charge >= 0.3 is 11.9 Å². The number of hydrogen-bond acceptors (Lipinski definition) is 5. The van der Waals surface area contributed by atoms with Crippen molar-refractivity contribution in [2.45, 2.75) is 0 Å². The van der Waals surface area contributed by atoms with E-state index in [0.29, 0.717) is 22.6 Å². The van der Waals surface area contributed by atoms with E-state index in [-0.39, 0.29) is 16.8 Å². The molecule has 0 saturated carbocycles. The zero-order valence-electron chi connectivity index (χ0n) is 13.7. The third-order valence-corrected chi connectivity index (χ3v) is 4.24. The van der Waals surface area contributed by atoms with Gasteiger partial charge in [0, 0.05) is 11.1 Å². The second-order valence-electron chi connectivity index (χ2n) is 5.38. The number of methoxy groups -OCH3 is 1. The number of rotatable bonds is 4. The number of esters is 2. The van der Waals surface area contributed by atoms with Crippen molar-refractivity contribution in [3.63, 3.8) is 0 Å². The topological polar surface area (TPSA) is 81.7 Å². The molecule has 2 aromatic rings. The summed E-state index contributed by atoms with van der Waals surface area (Å²) in [5, 5.41) is 2.63. The molecule has 132 valence electrons. The Morgan fingerprint density at radius 3 is 2.46 bits per heavy atom. The van der Waals surface area contributed by atoms with E-state index in [1.807, 2.05) is 30.3 Å². The van der Waals surface area contributed by atoms with Gasteiger partial charge in [0.1, 0.15) is 11.1 Å². The van der Waals surface area contributed by atoms with Crippen LogP contribution in [-0.2, 0) is 19.1 Å². The molecule has 6 nitrogen and oxygen atoms in total. The first-order chi connectivity index (χ1) is 12.5. The maximum atomic E-state index is 12.5. The van der Waals surface area contributed by atoms with Crippen LogP contribution in [0.15, 0.2) is 48.5 Å². The Morgan fingerprint density at radius 2 is 1.81 bits per heavy atom. The predicted octanol–water partition coefficient (Wildman–Crippen LogP) is 3.23. The molecule has 0 spiro atoms. The molecule has 1 aliphatic rings. The van der Waals surface area contributed by atoms with Gasteiger partial charge < -0.3 is 14.8 Å². The van der Waals surface area contributed by atoms with E-state index in [1.165, 1.54) is 19.2 Å². The monoisotopic (exact) mass is 415 g/mol. The summed E-state index contributed by atoms with van der Waals surface area (Å²) in [6.07, 6.45) is 0. The molecule has 2 aromatic carbocycles. The molecule has 1 amide bonds. The fourth-order valence-corrected chi connectivity index (χ4v) is 2.78. The van der Waals surface area contributed by atoms with Crippen LogP contribution in [0, 0.1) is 0 Å². The summed E-state index contributed by atoms with van der Waals surface area (Å²) < 4.78 is 10.1. The molecule has 1 aliphatic heterocycles. The number of hydrogen-bond donors (Lipinski definition) is 1. The van der Waals surface area contributed by atoms with E-state index < -0.39 is 11.9 Å². The lowest BCUT2D eigenvalue weighted by atomic mass is 10.0. The first-order valence-corrected chi connectivity index (χ1v) is 8.77. The Hall–Kier alpha value is -2.93. The lowest BCUT2D eigenvalue weighted by Gasteiger charge is -2.10. The molecule has 1 N–H and O–H groups in total.